The topological polar surface area (TPSA) is 64.4 Å². The van der Waals surface area contributed by atoms with Crippen LogP contribution in [0, 0.1) is 0 Å². The smallest absolute Gasteiger partial charge is 0.328 e. The molecule has 0 spiro atoms. The lowest BCUT2D eigenvalue weighted by molar-refractivity contribution is -0.141. The highest BCUT2D eigenvalue weighted by molar-refractivity contribution is 7.80. The molecule has 1 aromatic heterocycles. The predicted octanol–water partition coefficient (Wildman–Crippen LogP) is 3.83. The molecule has 0 bridgehead atoms. The van der Waals surface area contributed by atoms with E-state index in [-0.39, 0.29) is 12.0 Å². The van der Waals surface area contributed by atoms with Gasteiger partial charge in [0.1, 0.15) is 6.04 Å². The highest BCUT2D eigenvalue weighted by Gasteiger charge is 2.22. The molecule has 0 fully saturated rings. The third kappa shape index (κ3) is 4.42. The van der Waals surface area contributed by atoms with Crippen molar-refractivity contribution in [1.29, 1.82) is 0 Å². The molecule has 0 amide bonds. The van der Waals surface area contributed by atoms with Gasteiger partial charge in [0.2, 0.25) is 0 Å². The van der Waals surface area contributed by atoms with Crippen molar-refractivity contribution in [2.45, 2.75) is 17.4 Å². The molecule has 0 aliphatic carbocycles. The van der Waals surface area contributed by atoms with E-state index < -0.39 is 6.04 Å². The Labute approximate surface area is 151 Å². The summed E-state index contributed by atoms with van der Waals surface area (Å²) < 4.78 is 10.6. The third-order valence-electron chi connectivity index (χ3n) is 3.72. The number of methoxy groups -OCH3 is 1. The summed E-state index contributed by atoms with van der Waals surface area (Å²) in [5.41, 5.74) is 1.90. The summed E-state index contributed by atoms with van der Waals surface area (Å²) >= 11 is 4.27. The molecule has 3 rings (SSSR count). The SMILES string of the molecule is COC(=O)[C@H](Cc1ccc(S)cc1)Nc1ncc(-c2ccccc2)o1. The number of anilines is 1. The Bertz CT molecular complexity index is 831. The molecule has 0 aliphatic rings. The van der Waals surface area contributed by atoms with Crippen LogP contribution in [0.4, 0.5) is 6.01 Å². The van der Waals surface area contributed by atoms with Crippen LogP contribution in [0.2, 0.25) is 0 Å². The van der Waals surface area contributed by atoms with Crippen LogP contribution in [0.5, 0.6) is 0 Å². The van der Waals surface area contributed by atoms with E-state index in [2.05, 4.69) is 22.9 Å². The third-order valence-corrected chi connectivity index (χ3v) is 4.02. The number of carbonyl (C=O) groups is 1. The van der Waals surface area contributed by atoms with Gasteiger partial charge in [0.15, 0.2) is 5.76 Å². The van der Waals surface area contributed by atoms with E-state index in [4.69, 9.17) is 9.15 Å². The van der Waals surface area contributed by atoms with Crippen molar-refractivity contribution < 1.29 is 13.9 Å². The minimum absolute atomic E-state index is 0.278. The average Bonchev–Trinajstić information content (AvgIpc) is 3.11. The van der Waals surface area contributed by atoms with Gasteiger partial charge in [-0.15, -0.1) is 12.6 Å². The lowest BCUT2D eigenvalue weighted by Gasteiger charge is -2.15. The number of nitrogens with one attached hydrogen (secondary N) is 1. The molecule has 0 radical (unpaired) electrons. The lowest BCUT2D eigenvalue weighted by Crippen LogP contribution is -2.33. The molecular weight excluding hydrogens is 336 g/mol. The summed E-state index contributed by atoms with van der Waals surface area (Å²) in [6, 6.07) is 16.9. The van der Waals surface area contributed by atoms with Crippen molar-refractivity contribution in [2.24, 2.45) is 0 Å². The molecule has 0 aliphatic heterocycles. The highest BCUT2D eigenvalue weighted by atomic mass is 32.1. The summed E-state index contributed by atoms with van der Waals surface area (Å²) in [5, 5.41) is 3.01. The van der Waals surface area contributed by atoms with Crippen molar-refractivity contribution >= 4 is 24.6 Å². The molecule has 0 saturated carbocycles. The Morgan fingerprint density at radius 2 is 1.92 bits per heavy atom. The number of esters is 1. The zero-order chi connectivity index (χ0) is 17.6. The van der Waals surface area contributed by atoms with Crippen LogP contribution in [0.25, 0.3) is 11.3 Å². The van der Waals surface area contributed by atoms with Crippen LogP contribution < -0.4 is 5.32 Å². The number of hydrogen-bond acceptors (Lipinski definition) is 6. The fourth-order valence-electron chi connectivity index (χ4n) is 2.43. The van der Waals surface area contributed by atoms with Gasteiger partial charge >= 0.3 is 5.97 Å². The van der Waals surface area contributed by atoms with Crippen molar-refractivity contribution in [3.05, 3.63) is 66.4 Å². The van der Waals surface area contributed by atoms with Crippen molar-refractivity contribution in [3.63, 3.8) is 0 Å². The maximum Gasteiger partial charge on any atom is 0.328 e. The number of oxazole rings is 1. The zero-order valence-electron chi connectivity index (χ0n) is 13.7. The molecule has 3 aromatic rings. The minimum atomic E-state index is -0.599. The quantitative estimate of drug-likeness (QED) is 0.520. The van der Waals surface area contributed by atoms with Gasteiger partial charge in [-0.3, -0.25) is 0 Å². The maximum absolute atomic E-state index is 12.1. The zero-order valence-corrected chi connectivity index (χ0v) is 14.6. The fourth-order valence-corrected chi connectivity index (χ4v) is 2.58. The molecule has 5 nitrogen and oxygen atoms in total. The van der Waals surface area contributed by atoms with Crippen molar-refractivity contribution in [3.8, 4) is 11.3 Å². The van der Waals surface area contributed by atoms with Crippen LogP contribution >= 0.6 is 12.6 Å². The van der Waals surface area contributed by atoms with Gasteiger partial charge in [0.25, 0.3) is 6.01 Å². The van der Waals surface area contributed by atoms with Gasteiger partial charge < -0.3 is 14.5 Å². The molecule has 0 saturated heterocycles. The Morgan fingerprint density at radius 3 is 2.60 bits per heavy atom. The second-order valence-corrected chi connectivity index (χ2v) is 6.00. The van der Waals surface area contributed by atoms with E-state index in [1.54, 1.807) is 6.20 Å². The molecule has 1 atom stereocenters. The van der Waals surface area contributed by atoms with E-state index in [1.165, 1.54) is 7.11 Å². The van der Waals surface area contributed by atoms with Crippen molar-refractivity contribution in [2.75, 3.05) is 12.4 Å². The number of benzene rings is 2. The number of thiol groups is 1. The van der Waals surface area contributed by atoms with Crippen LogP contribution in [0.1, 0.15) is 5.56 Å². The molecule has 2 aromatic carbocycles. The standard InChI is InChI=1S/C19H18N2O3S/c1-23-18(22)16(11-13-7-9-15(25)10-8-13)21-19-20-12-17(24-19)14-5-3-2-4-6-14/h2-10,12,16,25H,11H2,1H3,(H,20,21)/t16-/m0/s1. The fraction of sp³-hybridized carbons (Fsp3) is 0.158. The summed E-state index contributed by atoms with van der Waals surface area (Å²) in [6.45, 7) is 0. The number of rotatable bonds is 6. The summed E-state index contributed by atoms with van der Waals surface area (Å²) in [4.78, 5) is 17.2. The summed E-state index contributed by atoms with van der Waals surface area (Å²) in [6.07, 6.45) is 2.07. The van der Waals surface area contributed by atoms with Gasteiger partial charge in [-0.1, -0.05) is 42.5 Å². The Kier molecular flexibility index (Phi) is 5.40. The van der Waals surface area contributed by atoms with E-state index in [9.17, 15) is 4.79 Å². The van der Waals surface area contributed by atoms with E-state index in [1.807, 2.05) is 54.6 Å². The lowest BCUT2D eigenvalue weighted by atomic mass is 10.1. The van der Waals surface area contributed by atoms with Gasteiger partial charge in [0, 0.05) is 16.9 Å². The minimum Gasteiger partial charge on any atom is -0.467 e. The number of hydrogen-bond donors (Lipinski definition) is 2. The number of carbonyl (C=O) groups excluding carboxylic acids is 1. The second-order valence-electron chi connectivity index (χ2n) is 5.49. The van der Waals surface area contributed by atoms with Gasteiger partial charge in [-0.2, -0.15) is 0 Å². The van der Waals surface area contributed by atoms with E-state index in [0.29, 0.717) is 12.2 Å². The molecular formula is C19H18N2O3S. The van der Waals surface area contributed by atoms with Gasteiger partial charge in [-0.25, -0.2) is 9.78 Å². The van der Waals surface area contributed by atoms with Gasteiger partial charge in [0.05, 0.1) is 13.3 Å². The molecule has 1 N–H and O–H groups in total. The molecule has 1 heterocycles. The highest BCUT2D eigenvalue weighted by Crippen LogP contribution is 2.23. The van der Waals surface area contributed by atoms with E-state index in [0.717, 1.165) is 16.0 Å². The molecule has 6 heteroatoms. The van der Waals surface area contributed by atoms with Crippen LogP contribution in [-0.4, -0.2) is 24.1 Å². The number of aromatic nitrogens is 1. The Hall–Kier alpha value is -2.73. The normalized spacial score (nSPS) is 11.8. The predicted molar refractivity (Wildman–Crippen MR) is 98.8 cm³/mol. The van der Waals surface area contributed by atoms with Crippen LogP contribution in [0.3, 0.4) is 0 Å². The first kappa shape index (κ1) is 17.1. The summed E-state index contributed by atoms with van der Waals surface area (Å²) in [5.74, 6) is 0.251. The average molecular weight is 354 g/mol. The maximum atomic E-state index is 12.1. The molecule has 0 unspecified atom stereocenters. The number of ether oxygens (including phenoxy) is 1. The first-order valence-electron chi connectivity index (χ1n) is 7.79. The number of nitrogens with zero attached hydrogens (tertiary/aromatic N) is 1. The van der Waals surface area contributed by atoms with Gasteiger partial charge in [-0.05, 0) is 17.7 Å². The van der Waals surface area contributed by atoms with Crippen LogP contribution in [0.15, 0.2) is 70.1 Å². The van der Waals surface area contributed by atoms with Crippen LogP contribution in [-0.2, 0) is 16.0 Å². The van der Waals surface area contributed by atoms with Crippen molar-refractivity contribution in [1.82, 2.24) is 4.98 Å². The molecule has 25 heavy (non-hydrogen) atoms. The monoisotopic (exact) mass is 354 g/mol. The largest absolute Gasteiger partial charge is 0.467 e. The Morgan fingerprint density at radius 1 is 1.20 bits per heavy atom. The second kappa shape index (κ2) is 7.90. The Balaban J connectivity index is 1.75. The first-order chi connectivity index (χ1) is 12.2. The molecule has 128 valence electrons. The summed E-state index contributed by atoms with van der Waals surface area (Å²) in [7, 11) is 1.36. The van der Waals surface area contributed by atoms with E-state index >= 15 is 0 Å². The first-order valence-corrected chi connectivity index (χ1v) is 8.24.